The molecule has 0 aliphatic rings. The summed E-state index contributed by atoms with van der Waals surface area (Å²) in [5.41, 5.74) is 2.12. The summed E-state index contributed by atoms with van der Waals surface area (Å²) in [7, 11) is 0. The first-order valence-electron chi connectivity index (χ1n) is 8.10. The summed E-state index contributed by atoms with van der Waals surface area (Å²) in [6.07, 6.45) is 2.02. The molecule has 0 radical (unpaired) electrons. The standard InChI is InChI=1S/C19H22N2O4/c1-3-24-19(23)17(18(22)16-10-7-11-20-12-16)13-25-21-14(2)15-8-5-4-6-9-15/h4-12,17-18,22H,3,13H2,1-2H3/b21-14+. The van der Waals surface area contributed by atoms with Crippen molar-refractivity contribution in [3.8, 4) is 0 Å². The van der Waals surface area contributed by atoms with E-state index in [0.29, 0.717) is 11.3 Å². The molecule has 2 atom stereocenters. The molecule has 0 spiro atoms. The molecule has 1 N–H and O–H groups in total. The van der Waals surface area contributed by atoms with Gasteiger partial charge in [-0.1, -0.05) is 41.6 Å². The van der Waals surface area contributed by atoms with E-state index >= 15 is 0 Å². The average molecular weight is 342 g/mol. The molecular weight excluding hydrogens is 320 g/mol. The predicted octanol–water partition coefficient (Wildman–Crippen LogP) is 2.74. The number of esters is 1. The maximum absolute atomic E-state index is 12.2. The number of hydrogen-bond acceptors (Lipinski definition) is 6. The van der Waals surface area contributed by atoms with Crippen LogP contribution in [0.2, 0.25) is 0 Å². The van der Waals surface area contributed by atoms with Crippen LogP contribution in [0.5, 0.6) is 0 Å². The Hall–Kier alpha value is -2.73. The van der Waals surface area contributed by atoms with Crippen molar-refractivity contribution in [3.05, 3.63) is 66.0 Å². The normalized spacial score (nSPS) is 13.8. The van der Waals surface area contributed by atoms with E-state index in [0.717, 1.165) is 5.56 Å². The Morgan fingerprint density at radius 3 is 2.64 bits per heavy atom. The summed E-state index contributed by atoms with van der Waals surface area (Å²) in [5, 5.41) is 14.5. The van der Waals surface area contributed by atoms with Crippen LogP contribution < -0.4 is 0 Å². The van der Waals surface area contributed by atoms with Gasteiger partial charge in [-0.25, -0.2) is 0 Å². The minimum absolute atomic E-state index is 0.0981. The molecule has 132 valence electrons. The van der Waals surface area contributed by atoms with Gasteiger partial charge in [-0.2, -0.15) is 0 Å². The first kappa shape index (κ1) is 18.6. The highest BCUT2D eigenvalue weighted by molar-refractivity contribution is 5.98. The van der Waals surface area contributed by atoms with E-state index in [-0.39, 0.29) is 13.2 Å². The van der Waals surface area contributed by atoms with Gasteiger partial charge in [0.25, 0.3) is 0 Å². The van der Waals surface area contributed by atoms with Crippen molar-refractivity contribution in [1.82, 2.24) is 4.98 Å². The van der Waals surface area contributed by atoms with Crippen LogP contribution in [-0.2, 0) is 14.4 Å². The zero-order valence-electron chi connectivity index (χ0n) is 14.3. The molecule has 0 saturated carbocycles. The van der Waals surface area contributed by atoms with Gasteiger partial charge >= 0.3 is 5.97 Å². The van der Waals surface area contributed by atoms with E-state index in [1.807, 2.05) is 37.3 Å². The molecule has 0 aliphatic heterocycles. The van der Waals surface area contributed by atoms with Crippen LogP contribution in [0.3, 0.4) is 0 Å². The van der Waals surface area contributed by atoms with E-state index in [9.17, 15) is 9.90 Å². The fourth-order valence-corrected chi connectivity index (χ4v) is 2.27. The number of aromatic nitrogens is 1. The van der Waals surface area contributed by atoms with Gasteiger partial charge in [0.15, 0.2) is 0 Å². The highest BCUT2D eigenvalue weighted by Crippen LogP contribution is 2.23. The Bertz CT molecular complexity index is 689. The fraction of sp³-hybridized carbons (Fsp3) is 0.316. The number of oxime groups is 1. The molecule has 1 aromatic heterocycles. The van der Waals surface area contributed by atoms with Crippen LogP contribution in [0.25, 0.3) is 0 Å². The summed E-state index contributed by atoms with van der Waals surface area (Å²) in [6, 6.07) is 12.9. The quantitative estimate of drug-likeness (QED) is 0.453. The maximum Gasteiger partial charge on any atom is 0.315 e. The monoisotopic (exact) mass is 342 g/mol. The topological polar surface area (TPSA) is 81.0 Å². The van der Waals surface area contributed by atoms with Gasteiger partial charge in [-0.15, -0.1) is 0 Å². The van der Waals surface area contributed by atoms with E-state index in [1.165, 1.54) is 6.20 Å². The molecule has 2 rings (SSSR count). The molecular formula is C19H22N2O4. The fourth-order valence-electron chi connectivity index (χ4n) is 2.27. The van der Waals surface area contributed by atoms with E-state index in [1.54, 1.807) is 25.3 Å². The molecule has 2 unspecified atom stereocenters. The molecule has 6 nitrogen and oxygen atoms in total. The molecule has 1 aromatic carbocycles. The van der Waals surface area contributed by atoms with Crippen molar-refractivity contribution >= 4 is 11.7 Å². The van der Waals surface area contributed by atoms with Gasteiger partial charge in [0.2, 0.25) is 0 Å². The number of rotatable bonds is 8. The lowest BCUT2D eigenvalue weighted by atomic mass is 9.98. The summed E-state index contributed by atoms with van der Waals surface area (Å²) in [4.78, 5) is 21.5. The summed E-state index contributed by atoms with van der Waals surface area (Å²) in [5.74, 6) is -1.43. The summed E-state index contributed by atoms with van der Waals surface area (Å²) < 4.78 is 5.04. The molecule has 0 amide bonds. The van der Waals surface area contributed by atoms with Crippen molar-refractivity contribution in [2.24, 2.45) is 11.1 Å². The van der Waals surface area contributed by atoms with E-state index in [4.69, 9.17) is 9.57 Å². The number of pyridine rings is 1. The molecule has 25 heavy (non-hydrogen) atoms. The summed E-state index contributed by atoms with van der Waals surface area (Å²) in [6.45, 7) is 3.65. The van der Waals surface area contributed by atoms with Gasteiger partial charge in [-0.3, -0.25) is 9.78 Å². The number of ether oxygens (including phenoxy) is 1. The van der Waals surface area contributed by atoms with Gasteiger partial charge in [0.05, 0.1) is 18.4 Å². The first-order valence-corrected chi connectivity index (χ1v) is 8.10. The number of nitrogens with zero attached hydrogens (tertiary/aromatic N) is 2. The van der Waals surface area contributed by atoms with Crippen molar-refractivity contribution < 1.29 is 19.5 Å². The maximum atomic E-state index is 12.2. The number of aliphatic hydroxyl groups excluding tert-OH is 1. The highest BCUT2D eigenvalue weighted by atomic mass is 16.6. The van der Waals surface area contributed by atoms with Gasteiger partial charge < -0.3 is 14.7 Å². The van der Waals surface area contributed by atoms with Gasteiger partial charge in [0.1, 0.15) is 12.5 Å². The second-order valence-corrected chi connectivity index (χ2v) is 5.43. The Morgan fingerprint density at radius 2 is 2.00 bits per heavy atom. The lowest BCUT2D eigenvalue weighted by Gasteiger charge is -2.20. The molecule has 0 fully saturated rings. The lowest BCUT2D eigenvalue weighted by Crippen LogP contribution is -2.28. The lowest BCUT2D eigenvalue weighted by molar-refractivity contribution is -0.155. The minimum Gasteiger partial charge on any atom is -0.466 e. The van der Waals surface area contributed by atoms with Crippen LogP contribution in [-0.4, -0.2) is 35.0 Å². The number of carbonyl (C=O) groups excluding carboxylic acids is 1. The third-order valence-corrected chi connectivity index (χ3v) is 3.64. The molecule has 0 bridgehead atoms. The molecule has 2 aromatic rings. The molecule has 0 saturated heterocycles. The first-order chi connectivity index (χ1) is 12.1. The Kier molecular flexibility index (Phi) is 7.10. The summed E-state index contributed by atoms with van der Waals surface area (Å²) >= 11 is 0. The number of hydrogen-bond donors (Lipinski definition) is 1. The number of aliphatic hydroxyl groups is 1. The van der Waals surface area contributed by atoms with Crippen molar-refractivity contribution in [1.29, 1.82) is 0 Å². The molecule has 6 heteroatoms. The van der Waals surface area contributed by atoms with Crippen LogP contribution in [0.15, 0.2) is 60.0 Å². The minimum atomic E-state index is -1.08. The third-order valence-electron chi connectivity index (χ3n) is 3.64. The molecule has 1 heterocycles. The second-order valence-electron chi connectivity index (χ2n) is 5.43. The van der Waals surface area contributed by atoms with Crippen molar-refractivity contribution in [2.75, 3.05) is 13.2 Å². The van der Waals surface area contributed by atoms with Gasteiger partial charge in [-0.05, 0) is 31.0 Å². The van der Waals surface area contributed by atoms with Crippen LogP contribution in [0.1, 0.15) is 31.1 Å². The second kappa shape index (κ2) is 9.54. The Labute approximate surface area is 147 Å². The number of carbonyl (C=O) groups is 1. The van der Waals surface area contributed by atoms with Gasteiger partial charge in [0, 0.05) is 12.4 Å². The van der Waals surface area contributed by atoms with E-state index < -0.39 is 18.0 Å². The highest BCUT2D eigenvalue weighted by Gasteiger charge is 2.30. The van der Waals surface area contributed by atoms with Crippen molar-refractivity contribution in [3.63, 3.8) is 0 Å². The van der Waals surface area contributed by atoms with Crippen LogP contribution in [0.4, 0.5) is 0 Å². The van der Waals surface area contributed by atoms with Crippen molar-refractivity contribution in [2.45, 2.75) is 20.0 Å². The average Bonchev–Trinajstić information content (AvgIpc) is 2.66. The zero-order chi connectivity index (χ0) is 18.1. The Morgan fingerprint density at radius 1 is 1.24 bits per heavy atom. The third kappa shape index (κ3) is 5.39. The van der Waals surface area contributed by atoms with E-state index in [2.05, 4.69) is 10.1 Å². The predicted molar refractivity (Wildman–Crippen MR) is 93.9 cm³/mol. The smallest absolute Gasteiger partial charge is 0.315 e. The number of benzene rings is 1. The SMILES string of the molecule is CCOC(=O)C(CO/N=C(\C)c1ccccc1)C(O)c1cccnc1. The zero-order valence-corrected chi connectivity index (χ0v) is 14.3. The van der Waals surface area contributed by atoms with Crippen LogP contribution >= 0.6 is 0 Å². The Balaban J connectivity index is 2.07. The molecule has 0 aliphatic carbocycles. The van der Waals surface area contributed by atoms with Crippen LogP contribution in [0, 0.1) is 5.92 Å². The largest absolute Gasteiger partial charge is 0.466 e.